The molecule has 0 amide bonds. The molecule has 0 aliphatic rings. The van der Waals surface area contributed by atoms with Gasteiger partial charge < -0.3 is 0 Å². The molecule has 13 nitrogen and oxygen atoms in total. The van der Waals surface area contributed by atoms with Crippen LogP contribution in [0, 0.1) is 5.92 Å². The van der Waals surface area contributed by atoms with Gasteiger partial charge in [0.05, 0.1) is 0 Å². The van der Waals surface area contributed by atoms with Crippen LogP contribution in [0.3, 0.4) is 0 Å². The van der Waals surface area contributed by atoms with Crippen LogP contribution in [-0.4, -0.2) is 78.8 Å². The summed E-state index contributed by atoms with van der Waals surface area (Å²) in [5.41, 5.74) is 10.7. The number of nitrogens with two attached hydrogens (primary N) is 2. The summed E-state index contributed by atoms with van der Waals surface area (Å²) in [5, 5.41) is 30.6. The number of H-pyrrole nitrogens is 1. The fourth-order valence-electron chi connectivity index (χ4n) is 2.58. The number of hydrogen-bond acceptors (Lipinski definition) is 10. The van der Waals surface area contributed by atoms with Gasteiger partial charge in [-0.2, -0.15) is 0 Å². The molecule has 1 aromatic heterocycles. The third-order valence-corrected chi connectivity index (χ3v) is 7.85. The van der Waals surface area contributed by atoms with Crippen molar-refractivity contribution in [3.8, 4) is 0 Å². The molecule has 0 saturated carbocycles. The molecular formula is C15H29BIN5O8P-. The number of aliphatic hydroxyl groups is 3. The summed E-state index contributed by atoms with van der Waals surface area (Å²) in [4.78, 5) is 35.8. The molecule has 0 bridgehead atoms. The molecule has 1 heterocycles. The molecule has 178 valence electrons. The molecule has 0 aromatic carbocycles. The number of aliphatic hydroxyl groups excluding tert-OH is 3. The molecule has 10 N–H and O–H groups in total. The van der Waals surface area contributed by atoms with Crippen molar-refractivity contribution in [2.75, 3.05) is 34.3 Å². The van der Waals surface area contributed by atoms with Crippen LogP contribution in [0.1, 0.15) is 20.3 Å². The monoisotopic (exact) mass is 576 g/mol. The molecule has 0 aliphatic carbocycles. The number of phosphoric acid groups is 1. The van der Waals surface area contributed by atoms with E-state index in [1.807, 2.05) is 0 Å². The third-order valence-electron chi connectivity index (χ3n) is 4.19. The normalized spacial score (nSPS) is 17.1. The van der Waals surface area contributed by atoms with E-state index < -0.39 is 70.1 Å². The van der Waals surface area contributed by atoms with Crippen molar-refractivity contribution in [3.63, 3.8) is 0 Å². The Kier molecular flexibility index (Phi) is 11.2. The zero-order chi connectivity index (χ0) is 23.9. The first-order chi connectivity index (χ1) is 14.3. The zero-order valence-electron chi connectivity index (χ0n) is 17.1. The summed E-state index contributed by atoms with van der Waals surface area (Å²) in [6.07, 6.45) is -2.78. The van der Waals surface area contributed by atoms with E-state index in [9.17, 15) is 24.7 Å². The number of aromatic nitrogens is 2. The number of phosphoric ester groups is 1. The number of aromatic amines is 1. The predicted molar refractivity (Wildman–Crippen MR) is 111 cm³/mol. The standard InChI is InChI=1S/C15H29BIN5O8P/c1-7(16)5-22(13-10(18)14(26)21-15(19)20-13)17-8(2)11(24)12(25)9(6-23)3-4-30-31(27,28)29/h7-9,11-12,23-25H,3-6,18H2,1-2H3,(H2,27,28,29)(H3,19,20,21,26)/q-1/t7?,8-,9?,11?,12?/m1/s1. The molecule has 1 rings (SSSR count). The second-order valence-electron chi connectivity index (χ2n) is 7.02. The van der Waals surface area contributed by atoms with Crippen LogP contribution in [0.15, 0.2) is 4.79 Å². The predicted octanol–water partition coefficient (Wildman–Crippen LogP) is -5.06. The number of nitrogen functional groups attached to an aromatic ring is 2. The fourth-order valence-corrected chi connectivity index (χ4v) is 6.22. The summed E-state index contributed by atoms with van der Waals surface area (Å²) in [6, 6.07) is 0. The van der Waals surface area contributed by atoms with E-state index in [0.29, 0.717) is 0 Å². The molecule has 2 radical (unpaired) electrons. The van der Waals surface area contributed by atoms with E-state index in [1.165, 1.54) is 0 Å². The molecule has 16 heteroatoms. The number of nitrogens with zero attached hydrogens (tertiary/aromatic N) is 2. The van der Waals surface area contributed by atoms with Crippen LogP contribution in [0.25, 0.3) is 0 Å². The van der Waals surface area contributed by atoms with Crippen LogP contribution in [-0.2, 0) is 9.09 Å². The van der Waals surface area contributed by atoms with Gasteiger partial charge in [-0.25, -0.2) is 0 Å². The van der Waals surface area contributed by atoms with Crippen molar-refractivity contribution in [3.05, 3.63) is 10.4 Å². The van der Waals surface area contributed by atoms with Gasteiger partial charge in [0.15, 0.2) is 0 Å². The first kappa shape index (κ1) is 28.1. The Morgan fingerprint density at radius 3 is 2.42 bits per heavy atom. The SMILES string of the molecule is [B]C(C)CN([I-][C@H](C)C(O)C(O)C(CO)CCOP(=O)(O)O)c1nc(N)[nH]c(=O)c1N. The molecule has 0 saturated heterocycles. The first-order valence-electron chi connectivity index (χ1n) is 9.25. The Morgan fingerprint density at radius 2 is 1.90 bits per heavy atom. The Labute approximate surface area is 191 Å². The van der Waals surface area contributed by atoms with Crippen LogP contribution in [0.4, 0.5) is 17.5 Å². The average Bonchev–Trinajstić information content (AvgIpc) is 2.65. The Bertz CT molecular complexity index is 812. The van der Waals surface area contributed by atoms with Gasteiger partial charge in [-0.05, 0) is 0 Å². The molecule has 1 aromatic rings. The van der Waals surface area contributed by atoms with Gasteiger partial charge in [0, 0.05) is 0 Å². The van der Waals surface area contributed by atoms with E-state index >= 15 is 0 Å². The van der Waals surface area contributed by atoms with Crippen molar-refractivity contribution >= 4 is 33.1 Å². The number of nitrogens with one attached hydrogen (secondary N) is 1. The minimum atomic E-state index is -4.68. The molecule has 0 spiro atoms. The third kappa shape index (κ3) is 9.22. The molecule has 0 aliphatic heterocycles. The second kappa shape index (κ2) is 12.3. The van der Waals surface area contributed by atoms with Gasteiger partial charge in [-0.15, -0.1) is 0 Å². The molecule has 0 fully saturated rings. The van der Waals surface area contributed by atoms with E-state index in [-0.39, 0.29) is 36.2 Å². The number of anilines is 3. The van der Waals surface area contributed by atoms with Gasteiger partial charge >= 0.3 is 192 Å². The topological polar surface area (TPSA) is 228 Å². The van der Waals surface area contributed by atoms with Gasteiger partial charge in [0.25, 0.3) is 0 Å². The van der Waals surface area contributed by atoms with Crippen molar-refractivity contribution in [2.24, 2.45) is 5.92 Å². The quantitative estimate of drug-likeness (QED) is 0.0363. The van der Waals surface area contributed by atoms with Crippen LogP contribution in [0.2, 0.25) is 5.82 Å². The minimum absolute atomic E-state index is 0.0898. The van der Waals surface area contributed by atoms with Gasteiger partial charge in [-0.1, -0.05) is 0 Å². The summed E-state index contributed by atoms with van der Waals surface area (Å²) in [7, 11) is 1.21. The molecular weight excluding hydrogens is 547 g/mol. The molecule has 31 heavy (non-hydrogen) atoms. The summed E-state index contributed by atoms with van der Waals surface area (Å²) >= 11 is -1.14. The van der Waals surface area contributed by atoms with Crippen LogP contribution < -0.4 is 41.6 Å². The average molecular weight is 576 g/mol. The number of alkyl halides is 1. The number of rotatable bonds is 13. The molecule has 5 atom stereocenters. The Hall–Kier alpha value is -0.935. The summed E-state index contributed by atoms with van der Waals surface area (Å²) in [5.74, 6) is -1.21. The van der Waals surface area contributed by atoms with Crippen molar-refractivity contribution in [1.82, 2.24) is 9.97 Å². The summed E-state index contributed by atoms with van der Waals surface area (Å²) < 4.78 is 16.3. The van der Waals surface area contributed by atoms with Crippen LogP contribution >= 0.6 is 7.82 Å². The van der Waals surface area contributed by atoms with Crippen molar-refractivity contribution < 1.29 is 55.7 Å². The van der Waals surface area contributed by atoms with Crippen molar-refractivity contribution in [2.45, 2.75) is 42.2 Å². The first-order valence-corrected chi connectivity index (χ1v) is 13.0. The molecule has 4 unspecified atom stereocenters. The Balaban J connectivity index is 2.95. The Morgan fingerprint density at radius 1 is 1.29 bits per heavy atom. The van der Waals surface area contributed by atoms with E-state index in [4.69, 9.17) is 29.1 Å². The fraction of sp³-hybridized carbons (Fsp3) is 0.733. The maximum atomic E-state index is 11.9. The van der Waals surface area contributed by atoms with E-state index in [0.717, 1.165) is 0 Å². The van der Waals surface area contributed by atoms with E-state index in [1.54, 1.807) is 17.0 Å². The van der Waals surface area contributed by atoms with Gasteiger partial charge in [0.2, 0.25) is 0 Å². The van der Waals surface area contributed by atoms with Crippen LogP contribution in [0.5, 0.6) is 0 Å². The van der Waals surface area contributed by atoms with Gasteiger partial charge in [-0.3, -0.25) is 0 Å². The maximum absolute atomic E-state index is 11.9. The van der Waals surface area contributed by atoms with Crippen molar-refractivity contribution in [1.29, 1.82) is 0 Å². The number of halogens is 1. The summed E-state index contributed by atoms with van der Waals surface area (Å²) in [6.45, 7) is 2.73. The van der Waals surface area contributed by atoms with E-state index in [2.05, 4.69) is 14.5 Å². The van der Waals surface area contributed by atoms with Gasteiger partial charge in [0.1, 0.15) is 0 Å². The zero-order valence-corrected chi connectivity index (χ0v) is 20.2. The number of hydrogen-bond donors (Lipinski definition) is 8. The second-order valence-corrected chi connectivity index (χ2v) is 11.9.